The lowest BCUT2D eigenvalue weighted by atomic mass is 10.2. The average Bonchev–Trinajstić information content (AvgIpc) is 2.86. The minimum Gasteiger partial charge on any atom is -0.392 e. The summed E-state index contributed by atoms with van der Waals surface area (Å²) in [5.74, 6) is 0.875. The summed E-state index contributed by atoms with van der Waals surface area (Å²) in [5, 5.41) is 17.9. The van der Waals surface area contributed by atoms with Crippen LogP contribution in [-0.2, 0) is 13.2 Å². The average molecular weight is 249 g/mol. The summed E-state index contributed by atoms with van der Waals surface area (Å²) in [6.07, 6.45) is 1.56. The summed E-state index contributed by atoms with van der Waals surface area (Å²) in [7, 11) is 0. The summed E-state index contributed by atoms with van der Waals surface area (Å²) in [4.78, 5) is 4.27. The Morgan fingerprint density at radius 3 is 2.61 bits per heavy atom. The maximum Gasteiger partial charge on any atom is 0.148 e. The van der Waals surface area contributed by atoms with Crippen LogP contribution in [0.2, 0.25) is 0 Å². The molecule has 2 heterocycles. The first-order valence-electron chi connectivity index (χ1n) is 6.06. The number of aliphatic hydroxyl groups excluding tert-OH is 1. The Morgan fingerprint density at radius 1 is 1.33 bits per heavy atom. The highest BCUT2D eigenvalue weighted by molar-refractivity contribution is 5.23. The standard InChI is InChI=1S/C12H19N5O/c1-8(2)17-12(13-7-14-17)5-16-10(4)11(6-18)9(3)15-16/h7-8,18H,5-6H2,1-4H3. The first kappa shape index (κ1) is 12.8. The quantitative estimate of drug-likeness (QED) is 0.884. The largest absolute Gasteiger partial charge is 0.392 e. The molecular formula is C12H19N5O. The second-order valence-corrected chi connectivity index (χ2v) is 4.68. The fraction of sp³-hybridized carbons (Fsp3) is 0.583. The molecule has 0 unspecified atom stereocenters. The van der Waals surface area contributed by atoms with Gasteiger partial charge < -0.3 is 5.11 Å². The lowest BCUT2D eigenvalue weighted by Gasteiger charge is -2.10. The van der Waals surface area contributed by atoms with E-state index in [1.165, 1.54) is 0 Å². The van der Waals surface area contributed by atoms with E-state index in [1.807, 2.05) is 23.2 Å². The Balaban J connectivity index is 2.32. The number of hydrogen-bond donors (Lipinski definition) is 1. The monoisotopic (exact) mass is 249 g/mol. The van der Waals surface area contributed by atoms with Gasteiger partial charge in [0.1, 0.15) is 18.7 Å². The number of nitrogens with zero attached hydrogens (tertiary/aromatic N) is 5. The molecule has 2 aromatic heterocycles. The Morgan fingerprint density at radius 2 is 2.06 bits per heavy atom. The van der Waals surface area contributed by atoms with Gasteiger partial charge in [-0.05, 0) is 27.7 Å². The second-order valence-electron chi connectivity index (χ2n) is 4.68. The van der Waals surface area contributed by atoms with Crippen LogP contribution in [0.3, 0.4) is 0 Å². The Hall–Kier alpha value is -1.69. The molecule has 2 aromatic rings. The van der Waals surface area contributed by atoms with Gasteiger partial charge in [-0.1, -0.05) is 0 Å². The van der Waals surface area contributed by atoms with Gasteiger partial charge in [-0.2, -0.15) is 10.2 Å². The summed E-state index contributed by atoms with van der Waals surface area (Å²) < 4.78 is 3.75. The van der Waals surface area contributed by atoms with Gasteiger partial charge in [0.15, 0.2) is 0 Å². The smallest absolute Gasteiger partial charge is 0.148 e. The van der Waals surface area contributed by atoms with Crippen molar-refractivity contribution in [2.75, 3.05) is 0 Å². The third-order valence-electron chi connectivity index (χ3n) is 3.12. The van der Waals surface area contributed by atoms with Crippen LogP contribution in [-0.4, -0.2) is 29.7 Å². The molecule has 0 aromatic carbocycles. The maximum atomic E-state index is 9.29. The van der Waals surface area contributed by atoms with Crippen molar-refractivity contribution in [2.24, 2.45) is 0 Å². The SMILES string of the molecule is Cc1nn(Cc2ncnn2C(C)C)c(C)c1CO. The highest BCUT2D eigenvalue weighted by atomic mass is 16.3. The Bertz CT molecular complexity index is 541. The van der Waals surface area contributed by atoms with Gasteiger partial charge in [0.2, 0.25) is 0 Å². The summed E-state index contributed by atoms with van der Waals surface area (Å²) in [6, 6.07) is 0.275. The van der Waals surface area contributed by atoms with E-state index in [9.17, 15) is 5.11 Å². The third kappa shape index (κ3) is 2.15. The number of aliphatic hydroxyl groups is 1. The van der Waals surface area contributed by atoms with Crippen molar-refractivity contribution in [3.8, 4) is 0 Å². The van der Waals surface area contributed by atoms with Crippen LogP contribution in [0.25, 0.3) is 0 Å². The van der Waals surface area contributed by atoms with Gasteiger partial charge in [0.25, 0.3) is 0 Å². The molecule has 0 fully saturated rings. The van der Waals surface area contributed by atoms with Gasteiger partial charge in [0, 0.05) is 17.3 Å². The summed E-state index contributed by atoms with van der Waals surface area (Å²) >= 11 is 0. The summed E-state index contributed by atoms with van der Waals surface area (Å²) in [6.45, 7) is 8.60. The number of aryl methyl sites for hydroxylation is 1. The van der Waals surface area contributed by atoms with Crippen LogP contribution in [0, 0.1) is 13.8 Å². The van der Waals surface area contributed by atoms with Gasteiger partial charge in [-0.3, -0.25) is 4.68 Å². The molecule has 1 N–H and O–H groups in total. The van der Waals surface area contributed by atoms with Crippen molar-refractivity contribution >= 4 is 0 Å². The van der Waals surface area contributed by atoms with Crippen molar-refractivity contribution in [2.45, 2.75) is 46.9 Å². The molecule has 18 heavy (non-hydrogen) atoms. The number of aromatic nitrogens is 5. The molecule has 0 radical (unpaired) electrons. The van der Waals surface area contributed by atoms with Crippen LogP contribution in [0.4, 0.5) is 0 Å². The fourth-order valence-electron chi connectivity index (χ4n) is 2.07. The van der Waals surface area contributed by atoms with Crippen molar-refractivity contribution in [3.63, 3.8) is 0 Å². The zero-order valence-electron chi connectivity index (χ0n) is 11.3. The van der Waals surface area contributed by atoms with Crippen LogP contribution in [0.5, 0.6) is 0 Å². The normalized spacial score (nSPS) is 11.4. The van der Waals surface area contributed by atoms with E-state index in [1.54, 1.807) is 6.33 Å². The topological polar surface area (TPSA) is 68.8 Å². The molecule has 0 spiro atoms. The van der Waals surface area contributed by atoms with Crippen molar-refractivity contribution in [1.82, 2.24) is 24.5 Å². The van der Waals surface area contributed by atoms with Gasteiger partial charge >= 0.3 is 0 Å². The van der Waals surface area contributed by atoms with E-state index in [2.05, 4.69) is 29.0 Å². The van der Waals surface area contributed by atoms with Gasteiger partial charge in [0.05, 0.1) is 12.3 Å². The minimum atomic E-state index is 0.0224. The Labute approximate surface area is 106 Å². The third-order valence-corrected chi connectivity index (χ3v) is 3.12. The predicted octanol–water partition coefficient (Wildman–Crippen LogP) is 1.21. The van der Waals surface area contributed by atoms with Gasteiger partial charge in [-0.15, -0.1) is 0 Å². The predicted molar refractivity (Wildman–Crippen MR) is 67.1 cm³/mol. The van der Waals surface area contributed by atoms with E-state index in [-0.39, 0.29) is 12.6 Å². The molecule has 0 amide bonds. The van der Waals surface area contributed by atoms with Crippen molar-refractivity contribution in [1.29, 1.82) is 0 Å². The molecule has 0 bridgehead atoms. The van der Waals surface area contributed by atoms with E-state index >= 15 is 0 Å². The highest BCUT2D eigenvalue weighted by Gasteiger charge is 2.14. The molecule has 0 aliphatic carbocycles. The second kappa shape index (κ2) is 4.89. The van der Waals surface area contributed by atoms with Crippen molar-refractivity contribution in [3.05, 3.63) is 29.1 Å². The lowest BCUT2D eigenvalue weighted by Crippen LogP contribution is -2.13. The first-order chi connectivity index (χ1) is 8.54. The zero-order chi connectivity index (χ0) is 13.3. The van der Waals surface area contributed by atoms with Crippen LogP contribution >= 0.6 is 0 Å². The highest BCUT2D eigenvalue weighted by Crippen LogP contribution is 2.14. The van der Waals surface area contributed by atoms with Gasteiger partial charge in [-0.25, -0.2) is 9.67 Å². The number of hydrogen-bond acceptors (Lipinski definition) is 4. The van der Waals surface area contributed by atoms with E-state index in [0.29, 0.717) is 6.54 Å². The molecule has 0 aliphatic rings. The van der Waals surface area contributed by atoms with Crippen LogP contribution < -0.4 is 0 Å². The molecule has 2 rings (SSSR count). The molecular weight excluding hydrogens is 230 g/mol. The first-order valence-corrected chi connectivity index (χ1v) is 6.06. The molecule has 0 atom stereocenters. The lowest BCUT2D eigenvalue weighted by molar-refractivity contribution is 0.280. The van der Waals surface area contributed by atoms with Crippen LogP contribution in [0.15, 0.2) is 6.33 Å². The Kier molecular flexibility index (Phi) is 3.47. The van der Waals surface area contributed by atoms with Crippen molar-refractivity contribution < 1.29 is 5.11 Å². The molecule has 98 valence electrons. The zero-order valence-corrected chi connectivity index (χ0v) is 11.3. The summed E-state index contributed by atoms with van der Waals surface area (Å²) in [5.41, 5.74) is 2.74. The molecule has 6 heteroatoms. The van der Waals surface area contributed by atoms with Crippen LogP contribution in [0.1, 0.15) is 42.7 Å². The van der Waals surface area contributed by atoms with E-state index in [4.69, 9.17) is 0 Å². The van der Waals surface area contributed by atoms with E-state index < -0.39 is 0 Å². The number of rotatable bonds is 4. The molecule has 0 saturated carbocycles. The molecule has 0 saturated heterocycles. The maximum absolute atomic E-state index is 9.29. The fourth-order valence-corrected chi connectivity index (χ4v) is 2.07. The minimum absolute atomic E-state index is 0.0224. The molecule has 0 aliphatic heterocycles. The molecule has 6 nitrogen and oxygen atoms in total. The van der Waals surface area contributed by atoms with E-state index in [0.717, 1.165) is 22.8 Å².